The number of ether oxygens (including phenoxy) is 1. The quantitative estimate of drug-likeness (QED) is 0.418. The van der Waals surface area contributed by atoms with E-state index in [1.807, 2.05) is 135 Å². The zero-order valence-electron chi connectivity index (χ0n) is 20.2. The molecule has 2 rings (SSSR count). The molecule has 1 atom stereocenters. The fraction of sp³-hybridized carbons (Fsp3) is 0.520. The van der Waals surface area contributed by atoms with Gasteiger partial charge in [-0.25, -0.2) is 4.89 Å². The molecule has 0 spiro atoms. The Bertz CT molecular complexity index is 275. The first kappa shape index (κ1) is 37.1. The first-order chi connectivity index (χ1) is 13.8. The second kappa shape index (κ2) is 49.9. The van der Waals surface area contributed by atoms with E-state index in [0.29, 0.717) is 13.2 Å². The van der Waals surface area contributed by atoms with Gasteiger partial charge in [0.15, 0.2) is 0 Å². The molecule has 0 fully saturated rings. The van der Waals surface area contributed by atoms with Crippen molar-refractivity contribution in [3.63, 3.8) is 0 Å². The third kappa shape index (κ3) is 49.7. The van der Waals surface area contributed by atoms with Crippen molar-refractivity contribution in [2.45, 2.75) is 62.3 Å². The summed E-state index contributed by atoms with van der Waals surface area (Å²) in [5, 5.41) is 7.91. The Morgan fingerprint density at radius 3 is 0.893 bits per heavy atom. The van der Waals surface area contributed by atoms with E-state index >= 15 is 0 Å². The topological polar surface area (TPSA) is 38.7 Å². The summed E-state index contributed by atoms with van der Waals surface area (Å²) in [5.74, 6) is 0.269. The predicted molar refractivity (Wildman–Crippen MR) is 128 cm³/mol. The minimum atomic E-state index is 0.269. The van der Waals surface area contributed by atoms with Gasteiger partial charge in [-0.3, -0.25) is 5.26 Å². The van der Waals surface area contributed by atoms with Crippen LogP contribution in [0.25, 0.3) is 0 Å². The summed E-state index contributed by atoms with van der Waals surface area (Å²) in [6.07, 6.45) is 0. The molecule has 0 heterocycles. The van der Waals surface area contributed by atoms with Crippen molar-refractivity contribution in [3.8, 4) is 0 Å². The predicted octanol–water partition coefficient (Wildman–Crippen LogP) is 8.24. The van der Waals surface area contributed by atoms with Crippen LogP contribution in [-0.4, -0.2) is 25.6 Å². The largest absolute Gasteiger partial charge is 0.384 e. The van der Waals surface area contributed by atoms with Crippen LogP contribution in [0.5, 0.6) is 0 Å². The van der Waals surface area contributed by atoms with Gasteiger partial charge in [-0.1, -0.05) is 135 Å². The highest BCUT2D eigenvalue weighted by molar-refractivity contribution is 4.99. The van der Waals surface area contributed by atoms with Gasteiger partial charge in [0.25, 0.3) is 0 Å². The van der Waals surface area contributed by atoms with Crippen molar-refractivity contribution < 1.29 is 14.9 Å². The lowest BCUT2D eigenvalue weighted by molar-refractivity contribution is -0.251. The normalized spacial score (nSPS) is 8.25. The lowest BCUT2D eigenvalue weighted by atomic mass is 10.2. The molecule has 1 unspecified atom stereocenters. The van der Waals surface area contributed by atoms with E-state index in [4.69, 9.17) is 9.99 Å². The van der Waals surface area contributed by atoms with Gasteiger partial charge in [0.2, 0.25) is 0 Å². The highest BCUT2D eigenvalue weighted by atomic mass is 17.1. The Hall–Kier alpha value is -1.68. The van der Waals surface area contributed by atoms with Crippen LogP contribution in [0.1, 0.15) is 62.3 Å². The number of rotatable bonds is 4. The number of benzene rings is 2. The number of hydrogen-bond donors (Lipinski definition) is 1. The first-order valence-corrected chi connectivity index (χ1v) is 10.6. The summed E-state index contributed by atoms with van der Waals surface area (Å²) in [6.45, 7) is 18.9. The Kier molecular flexibility index (Phi) is 66.2. The van der Waals surface area contributed by atoms with E-state index in [1.165, 1.54) is 0 Å². The van der Waals surface area contributed by atoms with E-state index in [0.717, 1.165) is 0 Å². The first-order valence-electron chi connectivity index (χ1n) is 10.6. The van der Waals surface area contributed by atoms with Crippen LogP contribution in [0.4, 0.5) is 0 Å². The molecule has 0 bridgehead atoms. The molecule has 28 heavy (non-hydrogen) atoms. The molecular weight excluding hydrogens is 348 g/mol. The minimum absolute atomic E-state index is 0.269. The smallest absolute Gasteiger partial charge is 0.0867 e. The average Bonchev–Trinajstić information content (AvgIpc) is 2.83. The summed E-state index contributed by atoms with van der Waals surface area (Å²) in [4.78, 5) is 3.88. The van der Waals surface area contributed by atoms with Gasteiger partial charge < -0.3 is 4.74 Å². The fourth-order valence-electron chi connectivity index (χ4n) is 1.23. The molecule has 0 aromatic heterocycles. The zero-order valence-corrected chi connectivity index (χ0v) is 20.2. The maximum absolute atomic E-state index is 7.91. The monoisotopic (exact) mass is 396 g/mol. The lowest BCUT2D eigenvalue weighted by Gasteiger charge is -2.05. The van der Waals surface area contributed by atoms with Gasteiger partial charge in [-0.15, -0.1) is 0 Å². The molecule has 0 aliphatic heterocycles. The minimum Gasteiger partial charge on any atom is -0.384 e. The van der Waals surface area contributed by atoms with Crippen molar-refractivity contribution in [3.05, 3.63) is 72.8 Å². The van der Waals surface area contributed by atoms with Crippen LogP contribution in [0.15, 0.2) is 72.8 Å². The lowest BCUT2D eigenvalue weighted by Crippen LogP contribution is -2.09. The summed E-state index contributed by atoms with van der Waals surface area (Å²) in [6, 6.07) is 24.0. The molecule has 0 amide bonds. The molecule has 166 valence electrons. The van der Waals surface area contributed by atoms with Crippen molar-refractivity contribution in [1.29, 1.82) is 0 Å². The number of hydrogen-bond acceptors (Lipinski definition) is 3. The molecular formula is C25H48O3. The van der Waals surface area contributed by atoms with E-state index < -0.39 is 0 Å². The van der Waals surface area contributed by atoms with Crippen molar-refractivity contribution in [2.75, 3.05) is 20.3 Å². The van der Waals surface area contributed by atoms with Crippen LogP contribution in [0.3, 0.4) is 0 Å². The van der Waals surface area contributed by atoms with Gasteiger partial charge in [0, 0.05) is 13.0 Å². The maximum atomic E-state index is 7.91. The third-order valence-corrected chi connectivity index (χ3v) is 2.14. The molecule has 0 aliphatic carbocycles. The van der Waals surface area contributed by atoms with Crippen LogP contribution in [0, 0.1) is 5.92 Å². The standard InChI is InChI=1S/2C6H6.C5H12O3.4C2H6/c2*1-2-4-6-5-3-1;1-5(3-7-2)4-8-6;4*1-2/h2*1-6H;5-6H,3-4H2,1-2H3;4*1-2H3. The molecule has 3 nitrogen and oxygen atoms in total. The van der Waals surface area contributed by atoms with Gasteiger partial charge in [-0.2, -0.15) is 0 Å². The molecule has 3 heteroatoms. The SMILES string of the molecule is CC.CC.CC.CC.COCC(C)COO.c1ccccc1.c1ccccc1. The van der Waals surface area contributed by atoms with E-state index in [1.54, 1.807) is 7.11 Å². The highest BCUT2D eigenvalue weighted by Crippen LogP contribution is 1.93. The van der Waals surface area contributed by atoms with E-state index in [9.17, 15) is 0 Å². The Morgan fingerprint density at radius 2 is 0.750 bits per heavy atom. The van der Waals surface area contributed by atoms with Crippen molar-refractivity contribution in [2.24, 2.45) is 5.92 Å². The van der Waals surface area contributed by atoms with Crippen LogP contribution in [-0.2, 0) is 9.62 Å². The molecule has 0 saturated heterocycles. The molecule has 0 radical (unpaired) electrons. The Labute approximate surface area is 176 Å². The summed E-state index contributed by atoms with van der Waals surface area (Å²) in [7, 11) is 1.62. The van der Waals surface area contributed by atoms with E-state index in [-0.39, 0.29) is 5.92 Å². The molecule has 2 aromatic carbocycles. The molecule has 2 aromatic rings. The average molecular weight is 397 g/mol. The molecule has 1 N–H and O–H groups in total. The number of methoxy groups -OCH3 is 1. The van der Waals surface area contributed by atoms with Gasteiger partial charge >= 0.3 is 0 Å². The molecule has 0 saturated carbocycles. The summed E-state index contributed by atoms with van der Waals surface area (Å²) in [5.41, 5.74) is 0. The van der Waals surface area contributed by atoms with Gasteiger partial charge in [0.1, 0.15) is 0 Å². The van der Waals surface area contributed by atoms with E-state index in [2.05, 4.69) is 4.89 Å². The van der Waals surface area contributed by atoms with Crippen LogP contribution in [0.2, 0.25) is 0 Å². The molecule has 0 aliphatic rings. The van der Waals surface area contributed by atoms with Crippen LogP contribution >= 0.6 is 0 Å². The second-order valence-electron chi connectivity index (χ2n) is 4.17. The second-order valence-corrected chi connectivity index (χ2v) is 4.17. The highest BCUT2D eigenvalue weighted by Gasteiger charge is 1.98. The van der Waals surface area contributed by atoms with Gasteiger partial charge in [0.05, 0.1) is 13.2 Å². The Morgan fingerprint density at radius 1 is 0.536 bits per heavy atom. The zero-order chi connectivity index (χ0) is 22.9. The fourth-order valence-corrected chi connectivity index (χ4v) is 1.23. The maximum Gasteiger partial charge on any atom is 0.0867 e. The Balaban J connectivity index is -0.0000000804. The third-order valence-electron chi connectivity index (χ3n) is 2.14. The van der Waals surface area contributed by atoms with Crippen molar-refractivity contribution >= 4 is 0 Å². The summed E-state index contributed by atoms with van der Waals surface area (Å²) < 4.78 is 4.77. The van der Waals surface area contributed by atoms with Gasteiger partial charge in [-0.05, 0) is 0 Å². The summed E-state index contributed by atoms with van der Waals surface area (Å²) >= 11 is 0. The van der Waals surface area contributed by atoms with Crippen molar-refractivity contribution in [1.82, 2.24) is 0 Å². The van der Waals surface area contributed by atoms with Crippen LogP contribution < -0.4 is 0 Å².